The number of aldehydes is 1. The van der Waals surface area contributed by atoms with Gasteiger partial charge < -0.3 is 0 Å². The summed E-state index contributed by atoms with van der Waals surface area (Å²) in [6, 6.07) is 14.5. The van der Waals surface area contributed by atoms with Crippen LogP contribution in [0.5, 0.6) is 0 Å². The summed E-state index contributed by atoms with van der Waals surface area (Å²) >= 11 is 0. The minimum atomic E-state index is 0.797. The van der Waals surface area contributed by atoms with E-state index in [0.717, 1.165) is 29.4 Å². The second-order valence-electron chi connectivity index (χ2n) is 4.48. The fourth-order valence-electron chi connectivity index (χ4n) is 1.91. The average molecular weight is 224 g/mol. The highest BCUT2D eigenvalue weighted by Gasteiger charge is 2.03. The zero-order chi connectivity index (χ0) is 12.3. The third-order valence-electron chi connectivity index (χ3n) is 2.94. The van der Waals surface area contributed by atoms with Crippen LogP contribution in [0.15, 0.2) is 42.5 Å². The molecule has 0 unspecified atom stereocenters. The van der Waals surface area contributed by atoms with Crippen molar-refractivity contribution in [2.24, 2.45) is 0 Å². The first-order chi connectivity index (χ1) is 8.19. The highest BCUT2D eigenvalue weighted by molar-refractivity contribution is 5.77. The smallest absolute Gasteiger partial charge is 0.150 e. The lowest BCUT2D eigenvalue weighted by Crippen LogP contribution is -1.95. The summed E-state index contributed by atoms with van der Waals surface area (Å²) in [5.74, 6) is 0. The molecule has 0 heterocycles. The second-order valence-corrected chi connectivity index (χ2v) is 4.48. The van der Waals surface area contributed by atoms with Gasteiger partial charge in [0, 0.05) is 5.56 Å². The largest absolute Gasteiger partial charge is 0.298 e. The van der Waals surface area contributed by atoms with Gasteiger partial charge in [0.1, 0.15) is 6.29 Å². The number of benzene rings is 2. The van der Waals surface area contributed by atoms with E-state index < -0.39 is 0 Å². The van der Waals surface area contributed by atoms with Gasteiger partial charge in [0.15, 0.2) is 0 Å². The molecule has 2 aromatic rings. The molecule has 0 saturated heterocycles. The molecule has 2 rings (SSSR count). The molecule has 0 saturated carbocycles. The molecule has 0 fully saturated rings. The Bertz CT molecular complexity index is 524. The van der Waals surface area contributed by atoms with Crippen molar-refractivity contribution < 1.29 is 4.79 Å². The van der Waals surface area contributed by atoms with Gasteiger partial charge >= 0.3 is 0 Å². The van der Waals surface area contributed by atoms with Crippen molar-refractivity contribution in [3.8, 4) is 0 Å². The molecule has 0 radical (unpaired) electrons. The SMILES string of the molecule is Cc1ccc(Cc2ccc(C)cc2C=O)cc1. The van der Waals surface area contributed by atoms with E-state index in [0.29, 0.717) is 0 Å². The van der Waals surface area contributed by atoms with E-state index >= 15 is 0 Å². The quantitative estimate of drug-likeness (QED) is 0.726. The third-order valence-corrected chi connectivity index (χ3v) is 2.94. The fourth-order valence-corrected chi connectivity index (χ4v) is 1.91. The summed E-state index contributed by atoms with van der Waals surface area (Å²) in [4.78, 5) is 11.0. The average Bonchev–Trinajstić information content (AvgIpc) is 2.34. The molecular formula is C16H16O. The van der Waals surface area contributed by atoms with Gasteiger partial charge in [-0.15, -0.1) is 0 Å². The Balaban J connectivity index is 2.29. The Morgan fingerprint density at radius 1 is 0.941 bits per heavy atom. The molecule has 2 aromatic carbocycles. The second kappa shape index (κ2) is 4.96. The van der Waals surface area contributed by atoms with E-state index in [1.807, 2.05) is 19.1 Å². The molecule has 17 heavy (non-hydrogen) atoms. The summed E-state index contributed by atoms with van der Waals surface area (Å²) in [6.07, 6.45) is 1.76. The van der Waals surface area contributed by atoms with Crippen molar-refractivity contribution in [1.82, 2.24) is 0 Å². The van der Waals surface area contributed by atoms with Crippen LogP contribution in [0.4, 0.5) is 0 Å². The lowest BCUT2D eigenvalue weighted by molar-refractivity contribution is 0.112. The topological polar surface area (TPSA) is 17.1 Å². The Hall–Kier alpha value is -1.89. The monoisotopic (exact) mass is 224 g/mol. The van der Waals surface area contributed by atoms with Gasteiger partial charge in [-0.05, 0) is 37.5 Å². The molecule has 0 aromatic heterocycles. The minimum Gasteiger partial charge on any atom is -0.298 e. The van der Waals surface area contributed by atoms with Crippen LogP contribution >= 0.6 is 0 Å². The minimum absolute atomic E-state index is 0.797. The van der Waals surface area contributed by atoms with Crippen molar-refractivity contribution in [1.29, 1.82) is 0 Å². The highest BCUT2D eigenvalue weighted by Crippen LogP contribution is 2.15. The van der Waals surface area contributed by atoms with Gasteiger partial charge in [0.2, 0.25) is 0 Å². The van der Waals surface area contributed by atoms with Crippen LogP contribution in [0, 0.1) is 13.8 Å². The van der Waals surface area contributed by atoms with Gasteiger partial charge in [-0.3, -0.25) is 4.79 Å². The number of carbonyl (C=O) groups is 1. The Kier molecular flexibility index (Phi) is 3.38. The first-order valence-corrected chi connectivity index (χ1v) is 5.79. The molecule has 0 amide bonds. The Morgan fingerprint density at radius 2 is 1.59 bits per heavy atom. The van der Waals surface area contributed by atoms with Crippen molar-refractivity contribution in [2.45, 2.75) is 20.3 Å². The van der Waals surface area contributed by atoms with Crippen LogP contribution in [0.2, 0.25) is 0 Å². The maximum absolute atomic E-state index is 11.0. The highest BCUT2D eigenvalue weighted by atomic mass is 16.1. The lowest BCUT2D eigenvalue weighted by Gasteiger charge is -2.06. The molecule has 1 heteroatoms. The summed E-state index contributed by atoms with van der Waals surface area (Å²) < 4.78 is 0. The zero-order valence-corrected chi connectivity index (χ0v) is 10.2. The maximum Gasteiger partial charge on any atom is 0.150 e. The van der Waals surface area contributed by atoms with Crippen LogP contribution in [0.3, 0.4) is 0 Å². The Morgan fingerprint density at radius 3 is 2.24 bits per heavy atom. The first kappa shape index (κ1) is 11.6. The van der Waals surface area contributed by atoms with Crippen LogP contribution in [-0.4, -0.2) is 6.29 Å². The van der Waals surface area contributed by atoms with Crippen LogP contribution in [0.1, 0.15) is 32.6 Å². The van der Waals surface area contributed by atoms with Gasteiger partial charge in [-0.1, -0.05) is 47.5 Å². The summed E-state index contributed by atoms with van der Waals surface area (Å²) in [5, 5.41) is 0. The van der Waals surface area contributed by atoms with Gasteiger partial charge in [0.05, 0.1) is 0 Å². The molecular weight excluding hydrogens is 208 g/mol. The van der Waals surface area contributed by atoms with Crippen LogP contribution < -0.4 is 0 Å². The molecule has 0 N–H and O–H groups in total. The normalized spacial score (nSPS) is 10.2. The number of aryl methyl sites for hydroxylation is 2. The van der Waals surface area contributed by atoms with E-state index in [-0.39, 0.29) is 0 Å². The van der Waals surface area contributed by atoms with Crippen molar-refractivity contribution >= 4 is 6.29 Å². The van der Waals surface area contributed by atoms with Gasteiger partial charge in [0.25, 0.3) is 0 Å². The lowest BCUT2D eigenvalue weighted by atomic mass is 9.98. The zero-order valence-electron chi connectivity index (χ0n) is 10.2. The third kappa shape index (κ3) is 2.82. The molecule has 1 nitrogen and oxygen atoms in total. The van der Waals surface area contributed by atoms with E-state index in [2.05, 4.69) is 37.3 Å². The van der Waals surface area contributed by atoms with Gasteiger partial charge in [-0.25, -0.2) is 0 Å². The number of carbonyl (C=O) groups excluding carboxylic acids is 1. The van der Waals surface area contributed by atoms with E-state index in [4.69, 9.17) is 0 Å². The summed E-state index contributed by atoms with van der Waals surface area (Å²) in [5.41, 5.74) is 5.51. The number of hydrogen-bond donors (Lipinski definition) is 0. The predicted molar refractivity (Wildman–Crippen MR) is 70.6 cm³/mol. The molecule has 0 aliphatic rings. The van der Waals surface area contributed by atoms with Crippen molar-refractivity contribution in [3.05, 3.63) is 70.3 Å². The van der Waals surface area contributed by atoms with E-state index in [9.17, 15) is 4.79 Å². The predicted octanol–water partition coefficient (Wildman–Crippen LogP) is 3.71. The first-order valence-electron chi connectivity index (χ1n) is 5.79. The summed E-state index contributed by atoms with van der Waals surface area (Å²) in [7, 11) is 0. The fraction of sp³-hybridized carbons (Fsp3) is 0.188. The molecule has 0 aliphatic carbocycles. The van der Waals surface area contributed by atoms with Crippen LogP contribution in [0.25, 0.3) is 0 Å². The number of rotatable bonds is 3. The van der Waals surface area contributed by atoms with Gasteiger partial charge in [-0.2, -0.15) is 0 Å². The van der Waals surface area contributed by atoms with E-state index in [1.54, 1.807) is 0 Å². The summed E-state index contributed by atoms with van der Waals surface area (Å²) in [6.45, 7) is 4.08. The molecule has 0 bridgehead atoms. The maximum atomic E-state index is 11.0. The molecule has 0 aliphatic heterocycles. The van der Waals surface area contributed by atoms with Crippen LogP contribution in [-0.2, 0) is 6.42 Å². The van der Waals surface area contributed by atoms with Crippen molar-refractivity contribution in [2.75, 3.05) is 0 Å². The van der Waals surface area contributed by atoms with E-state index in [1.165, 1.54) is 11.1 Å². The molecule has 0 spiro atoms. The number of hydrogen-bond acceptors (Lipinski definition) is 1. The standard InChI is InChI=1S/C16H16O/c1-12-3-6-14(7-4-12)10-15-8-5-13(2)9-16(15)11-17/h3-9,11H,10H2,1-2H3. The molecule has 0 atom stereocenters. The molecule has 86 valence electrons. The van der Waals surface area contributed by atoms with Crippen molar-refractivity contribution in [3.63, 3.8) is 0 Å². The Labute approximate surface area is 102 Å².